The molecule has 1 spiro atoms. The monoisotopic (exact) mass is 280 g/mol. The minimum atomic E-state index is 0.339. The summed E-state index contributed by atoms with van der Waals surface area (Å²) in [4.78, 5) is 2.76. The Morgan fingerprint density at radius 3 is 2.55 bits per heavy atom. The summed E-state index contributed by atoms with van der Waals surface area (Å²) in [6.07, 6.45) is 8.53. The molecular weight excluding hydrogens is 248 g/mol. The number of ether oxygens (including phenoxy) is 1. The Bertz CT molecular complexity index is 324. The lowest BCUT2D eigenvalue weighted by molar-refractivity contribution is -0.0133. The lowest BCUT2D eigenvalue weighted by Gasteiger charge is -2.51. The van der Waals surface area contributed by atoms with E-state index in [2.05, 4.69) is 31.0 Å². The highest BCUT2D eigenvalue weighted by atomic mass is 16.5. The van der Waals surface area contributed by atoms with Gasteiger partial charge in [-0.1, -0.05) is 33.6 Å². The standard InChI is InChI=1S/C17H32N2O/c1-16(2,3)15-11-18-17(8-4-5-9-17)13-19(15)12-14-7-6-10-20-14/h14-15,18H,4-13H2,1-3H3. The molecule has 2 saturated heterocycles. The molecule has 2 atom stereocenters. The van der Waals surface area contributed by atoms with Crippen LogP contribution in [0, 0.1) is 5.41 Å². The predicted molar refractivity (Wildman–Crippen MR) is 83.0 cm³/mol. The second kappa shape index (κ2) is 5.58. The Hall–Kier alpha value is -0.120. The molecule has 0 aromatic heterocycles. The Labute approximate surface area is 124 Å². The van der Waals surface area contributed by atoms with Crippen molar-refractivity contribution in [3.05, 3.63) is 0 Å². The van der Waals surface area contributed by atoms with Crippen molar-refractivity contribution in [1.82, 2.24) is 10.2 Å². The first-order valence-corrected chi connectivity index (χ1v) is 8.59. The molecule has 3 nitrogen and oxygen atoms in total. The van der Waals surface area contributed by atoms with Crippen LogP contribution in [0.2, 0.25) is 0 Å². The number of hydrogen-bond donors (Lipinski definition) is 1. The van der Waals surface area contributed by atoms with Crippen LogP contribution in [0.15, 0.2) is 0 Å². The third kappa shape index (κ3) is 3.05. The van der Waals surface area contributed by atoms with E-state index in [0.717, 1.165) is 19.7 Å². The van der Waals surface area contributed by atoms with E-state index in [1.54, 1.807) is 0 Å². The van der Waals surface area contributed by atoms with Gasteiger partial charge in [-0.15, -0.1) is 0 Å². The summed E-state index contributed by atoms with van der Waals surface area (Å²) in [6.45, 7) is 11.6. The molecule has 2 aliphatic heterocycles. The van der Waals surface area contributed by atoms with Gasteiger partial charge in [-0.05, 0) is 31.1 Å². The van der Waals surface area contributed by atoms with Crippen molar-refractivity contribution in [2.75, 3.05) is 26.2 Å². The molecule has 1 saturated carbocycles. The Kier molecular flexibility index (Phi) is 4.13. The molecule has 1 N–H and O–H groups in total. The number of piperazine rings is 1. The number of hydrogen-bond acceptors (Lipinski definition) is 3. The lowest BCUT2D eigenvalue weighted by atomic mass is 9.81. The third-order valence-corrected chi connectivity index (χ3v) is 5.64. The maximum atomic E-state index is 5.91. The average molecular weight is 280 g/mol. The topological polar surface area (TPSA) is 24.5 Å². The quantitative estimate of drug-likeness (QED) is 0.842. The summed E-state index contributed by atoms with van der Waals surface area (Å²) < 4.78 is 5.91. The Morgan fingerprint density at radius 1 is 1.20 bits per heavy atom. The summed E-state index contributed by atoms with van der Waals surface area (Å²) in [5.41, 5.74) is 0.756. The van der Waals surface area contributed by atoms with Crippen LogP contribution in [0.5, 0.6) is 0 Å². The van der Waals surface area contributed by atoms with Crippen molar-refractivity contribution >= 4 is 0 Å². The van der Waals surface area contributed by atoms with Crippen LogP contribution < -0.4 is 5.32 Å². The maximum absolute atomic E-state index is 5.91. The summed E-state index contributed by atoms with van der Waals surface area (Å²) >= 11 is 0. The predicted octanol–water partition coefficient (Wildman–Crippen LogP) is 2.80. The van der Waals surface area contributed by atoms with Crippen molar-refractivity contribution < 1.29 is 4.74 Å². The molecule has 2 unspecified atom stereocenters. The minimum absolute atomic E-state index is 0.339. The van der Waals surface area contributed by atoms with Gasteiger partial charge >= 0.3 is 0 Å². The van der Waals surface area contributed by atoms with Crippen LogP contribution in [-0.4, -0.2) is 48.8 Å². The van der Waals surface area contributed by atoms with Crippen LogP contribution in [0.4, 0.5) is 0 Å². The van der Waals surface area contributed by atoms with Crippen molar-refractivity contribution in [1.29, 1.82) is 0 Å². The molecule has 116 valence electrons. The first kappa shape index (κ1) is 14.8. The number of nitrogens with zero attached hydrogens (tertiary/aromatic N) is 1. The van der Waals surface area contributed by atoms with Crippen molar-refractivity contribution in [2.45, 2.75) is 77.0 Å². The van der Waals surface area contributed by atoms with Crippen LogP contribution in [0.3, 0.4) is 0 Å². The molecule has 0 aromatic rings. The van der Waals surface area contributed by atoms with E-state index in [1.165, 1.54) is 45.1 Å². The first-order chi connectivity index (χ1) is 9.49. The Morgan fingerprint density at radius 2 is 1.95 bits per heavy atom. The number of rotatable bonds is 2. The van der Waals surface area contributed by atoms with E-state index in [0.29, 0.717) is 23.1 Å². The zero-order valence-corrected chi connectivity index (χ0v) is 13.6. The van der Waals surface area contributed by atoms with E-state index in [1.807, 2.05) is 0 Å². The van der Waals surface area contributed by atoms with Crippen LogP contribution in [0.1, 0.15) is 59.3 Å². The molecule has 3 rings (SSSR count). The smallest absolute Gasteiger partial charge is 0.0702 e. The number of nitrogens with one attached hydrogen (secondary N) is 1. The van der Waals surface area contributed by atoms with Gasteiger partial charge in [0.25, 0.3) is 0 Å². The summed E-state index contributed by atoms with van der Waals surface area (Å²) in [7, 11) is 0. The summed E-state index contributed by atoms with van der Waals surface area (Å²) in [5, 5.41) is 3.92. The largest absolute Gasteiger partial charge is 0.377 e. The van der Waals surface area contributed by atoms with E-state index in [-0.39, 0.29) is 0 Å². The van der Waals surface area contributed by atoms with Gasteiger partial charge in [0.05, 0.1) is 6.10 Å². The molecule has 3 fully saturated rings. The zero-order valence-electron chi connectivity index (χ0n) is 13.6. The molecule has 3 heteroatoms. The van der Waals surface area contributed by atoms with Crippen molar-refractivity contribution in [3.63, 3.8) is 0 Å². The van der Waals surface area contributed by atoms with Gasteiger partial charge in [-0.3, -0.25) is 4.90 Å². The lowest BCUT2D eigenvalue weighted by Crippen LogP contribution is -2.66. The van der Waals surface area contributed by atoms with Crippen LogP contribution >= 0.6 is 0 Å². The highest BCUT2D eigenvalue weighted by Gasteiger charge is 2.44. The van der Waals surface area contributed by atoms with Gasteiger partial charge in [-0.2, -0.15) is 0 Å². The fourth-order valence-corrected chi connectivity index (χ4v) is 4.48. The highest BCUT2D eigenvalue weighted by molar-refractivity contribution is 5.03. The van der Waals surface area contributed by atoms with Crippen molar-refractivity contribution in [3.8, 4) is 0 Å². The van der Waals surface area contributed by atoms with Gasteiger partial charge < -0.3 is 10.1 Å². The van der Waals surface area contributed by atoms with Gasteiger partial charge in [0.1, 0.15) is 0 Å². The van der Waals surface area contributed by atoms with Crippen LogP contribution in [0.25, 0.3) is 0 Å². The first-order valence-electron chi connectivity index (χ1n) is 8.59. The van der Waals surface area contributed by atoms with Gasteiger partial charge in [0.2, 0.25) is 0 Å². The van der Waals surface area contributed by atoms with E-state index < -0.39 is 0 Å². The molecule has 1 aliphatic carbocycles. The summed E-state index contributed by atoms with van der Waals surface area (Å²) in [5.74, 6) is 0. The highest BCUT2D eigenvalue weighted by Crippen LogP contribution is 2.37. The maximum Gasteiger partial charge on any atom is 0.0702 e. The molecule has 0 amide bonds. The van der Waals surface area contributed by atoms with E-state index in [4.69, 9.17) is 4.74 Å². The molecule has 20 heavy (non-hydrogen) atoms. The molecule has 0 aromatic carbocycles. The van der Waals surface area contributed by atoms with Crippen molar-refractivity contribution in [2.24, 2.45) is 5.41 Å². The molecule has 3 aliphatic rings. The minimum Gasteiger partial charge on any atom is -0.377 e. The SMILES string of the molecule is CC(C)(C)C1CNC2(CCCC2)CN1CC1CCCO1. The second-order valence-electron chi connectivity index (χ2n) is 8.31. The zero-order chi connectivity index (χ0) is 14.2. The fourth-order valence-electron chi connectivity index (χ4n) is 4.48. The van der Waals surface area contributed by atoms with E-state index >= 15 is 0 Å². The molecular formula is C17H32N2O. The fraction of sp³-hybridized carbons (Fsp3) is 1.00. The van der Waals surface area contributed by atoms with Gasteiger partial charge in [0.15, 0.2) is 0 Å². The summed E-state index contributed by atoms with van der Waals surface area (Å²) in [6, 6.07) is 0.637. The second-order valence-corrected chi connectivity index (χ2v) is 8.31. The van der Waals surface area contributed by atoms with E-state index in [9.17, 15) is 0 Å². The van der Waals surface area contributed by atoms with Gasteiger partial charge in [-0.25, -0.2) is 0 Å². The molecule has 0 radical (unpaired) electrons. The Balaban J connectivity index is 1.71. The average Bonchev–Trinajstić information content (AvgIpc) is 3.00. The molecule has 2 heterocycles. The normalized spacial score (nSPS) is 35.0. The van der Waals surface area contributed by atoms with Gasteiger partial charge in [0, 0.05) is 37.8 Å². The molecule has 0 bridgehead atoms. The third-order valence-electron chi connectivity index (χ3n) is 5.64. The van der Waals surface area contributed by atoms with Crippen LogP contribution in [-0.2, 0) is 4.74 Å².